The number of hydrogen-bond donors (Lipinski definition) is 0. The van der Waals surface area contributed by atoms with Gasteiger partial charge >= 0.3 is 0 Å². The molecule has 15 heavy (non-hydrogen) atoms. The summed E-state index contributed by atoms with van der Waals surface area (Å²) in [5.41, 5.74) is 0. The maximum Gasteiger partial charge on any atom is 0.0873 e. The van der Waals surface area contributed by atoms with Crippen molar-refractivity contribution in [1.82, 2.24) is 0 Å². The summed E-state index contributed by atoms with van der Waals surface area (Å²) in [6.45, 7) is 5.14. The molecule has 90 valence electrons. The van der Waals surface area contributed by atoms with Gasteiger partial charge in [-0.1, -0.05) is 64.4 Å². The summed E-state index contributed by atoms with van der Waals surface area (Å²) in [5, 5.41) is 0. The second-order valence-electron chi connectivity index (χ2n) is 4.17. The predicted molar refractivity (Wildman–Crippen MR) is 68.0 cm³/mol. The van der Waals surface area contributed by atoms with Gasteiger partial charge in [0, 0.05) is 0 Å². The number of ether oxygens (including phenoxy) is 1. The van der Waals surface area contributed by atoms with E-state index in [9.17, 15) is 0 Å². The molecule has 0 bridgehead atoms. The average molecular weight is 212 g/mol. The van der Waals surface area contributed by atoms with Crippen LogP contribution in [0.2, 0.25) is 0 Å². The molecule has 0 spiro atoms. The molecule has 0 aromatic heterocycles. The molecule has 0 radical (unpaired) electrons. The van der Waals surface area contributed by atoms with Gasteiger partial charge in [-0.2, -0.15) is 0 Å². The normalized spacial score (nSPS) is 11.1. The Morgan fingerprint density at radius 1 is 0.800 bits per heavy atom. The molecule has 0 aliphatic carbocycles. The number of unbranched alkanes of at least 4 members (excludes halogenated alkanes) is 8. The molecular formula is C14H28O. The van der Waals surface area contributed by atoms with Crippen molar-refractivity contribution >= 4 is 0 Å². The Labute approximate surface area is 95.9 Å². The van der Waals surface area contributed by atoms with Gasteiger partial charge in [-0.05, 0) is 13.3 Å². The Kier molecular flexibility index (Phi) is 13.1. The van der Waals surface area contributed by atoms with Crippen molar-refractivity contribution in [2.45, 2.75) is 71.6 Å². The van der Waals surface area contributed by atoms with Gasteiger partial charge in [-0.25, -0.2) is 0 Å². The highest BCUT2D eigenvalue weighted by Gasteiger charge is 1.91. The van der Waals surface area contributed by atoms with E-state index in [-0.39, 0.29) is 0 Å². The van der Waals surface area contributed by atoms with Gasteiger partial charge in [-0.3, -0.25) is 0 Å². The Bertz CT molecular complexity index is 129. The first-order valence-electron chi connectivity index (χ1n) is 6.64. The molecule has 0 saturated heterocycles. The lowest BCUT2D eigenvalue weighted by atomic mass is 10.1. The van der Waals surface area contributed by atoms with Crippen LogP contribution in [-0.2, 0) is 4.74 Å². The Morgan fingerprint density at radius 2 is 1.33 bits per heavy atom. The first-order chi connectivity index (χ1) is 7.41. The van der Waals surface area contributed by atoms with Crippen LogP contribution in [0.25, 0.3) is 0 Å². The van der Waals surface area contributed by atoms with Gasteiger partial charge in [-0.15, -0.1) is 0 Å². The largest absolute Gasteiger partial charge is 0.502 e. The van der Waals surface area contributed by atoms with Gasteiger partial charge in [0.2, 0.25) is 0 Å². The molecule has 0 atom stereocenters. The Balaban J connectivity index is 2.86. The van der Waals surface area contributed by atoms with Gasteiger partial charge in [0.1, 0.15) is 0 Å². The highest BCUT2D eigenvalue weighted by Crippen LogP contribution is 2.09. The van der Waals surface area contributed by atoms with E-state index in [1.807, 2.05) is 13.0 Å². The predicted octanol–water partition coefficient (Wildman–Crippen LogP) is 5.07. The fraction of sp³-hybridized carbons (Fsp3) is 0.857. The molecule has 0 aromatic carbocycles. The molecule has 0 saturated carbocycles. The number of hydrogen-bond acceptors (Lipinski definition) is 1. The minimum atomic E-state index is 0.889. The van der Waals surface area contributed by atoms with Crippen molar-refractivity contribution in [3.8, 4) is 0 Å². The monoisotopic (exact) mass is 212 g/mol. The molecule has 1 heteroatoms. The molecule has 0 amide bonds. The van der Waals surface area contributed by atoms with Crippen LogP contribution in [0.4, 0.5) is 0 Å². The summed E-state index contributed by atoms with van der Waals surface area (Å²) < 4.78 is 5.26. The molecule has 0 aliphatic rings. The van der Waals surface area contributed by atoms with Crippen LogP contribution in [0.15, 0.2) is 12.3 Å². The molecule has 0 fully saturated rings. The number of rotatable bonds is 11. The third kappa shape index (κ3) is 13.5. The zero-order valence-electron chi connectivity index (χ0n) is 10.6. The minimum absolute atomic E-state index is 0.889. The van der Waals surface area contributed by atoms with Crippen LogP contribution in [0.5, 0.6) is 0 Å². The van der Waals surface area contributed by atoms with Crippen molar-refractivity contribution < 1.29 is 4.74 Å². The highest BCUT2D eigenvalue weighted by atomic mass is 16.5. The summed E-state index contributed by atoms with van der Waals surface area (Å²) in [5.74, 6) is 0. The van der Waals surface area contributed by atoms with Crippen molar-refractivity contribution in [3.05, 3.63) is 12.3 Å². The molecule has 0 rings (SSSR count). The average Bonchev–Trinajstić information content (AvgIpc) is 2.26. The van der Waals surface area contributed by atoms with Crippen LogP contribution < -0.4 is 0 Å². The van der Waals surface area contributed by atoms with E-state index in [0.717, 1.165) is 6.61 Å². The van der Waals surface area contributed by atoms with E-state index >= 15 is 0 Å². The standard InChI is InChI=1S/C14H28O/c1-3-5-6-7-8-9-10-11-12-14-15-13-4-2/h4,13H,3,5-12,14H2,1-2H3. The smallest absolute Gasteiger partial charge is 0.0873 e. The fourth-order valence-electron chi connectivity index (χ4n) is 1.66. The molecular weight excluding hydrogens is 184 g/mol. The van der Waals surface area contributed by atoms with Gasteiger partial charge in [0.25, 0.3) is 0 Å². The summed E-state index contributed by atoms with van der Waals surface area (Å²) in [6.07, 6.45) is 16.1. The Hall–Kier alpha value is -0.460. The molecule has 0 heterocycles. The highest BCUT2D eigenvalue weighted by molar-refractivity contribution is 4.64. The third-order valence-electron chi connectivity index (χ3n) is 2.60. The van der Waals surface area contributed by atoms with Crippen molar-refractivity contribution in [3.63, 3.8) is 0 Å². The lowest BCUT2D eigenvalue weighted by molar-refractivity contribution is 0.240. The summed E-state index contributed by atoms with van der Waals surface area (Å²) in [4.78, 5) is 0. The first kappa shape index (κ1) is 14.5. The Morgan fingerprint density at radius 3 is 1.87 bits per heavy atom. The zero-order valence-corrected chi connectivity index (χ0v) is 10.6. The van der Waals surface area contributed by atoms with Gasteiger partial charge in [0.05, 0.1) is 12.9 Å². The van der Waals surface area contributed by atoms with E-state index in [1.165, 1.54) is 57.8 Å². The van der Waals surface area contributed by atoms with Crippen molar-refractivity contribution in [2.24, 2.45) is 0 Å². The SMILES string of the molecule is CC=COCCCCCCCCCCC. The van der Waals surface area contributed by atoms with E-state index in [1.54, 1.807) is 6.26 Å². The zero-order chi connectivity index (χ0) is 11.2. The quantitative estimate of drug-likeness (QED) is 0.343. The summed E-state index contributed by atoms with van der Waals surface area (Å²) in [7, 11) is 0. The molecule has 0 aliphatic heterocycles. The molecule has 0 unspecified atom stereocenters. The summed E-state index contributed by atoms with van der Waals surface area (Å²) in [6, 6.07) is 0. The molecule has 0 N–H and O–H groups in total. The van der Waals surface area contributed by atoms with Crippen molar-refractivity contribution in [2.75, 3.05) is 6.61 Å². The maximum atomic E-state index is 5.26. The lowest BCUT2D eigenvalue weighted by Crippen LogP contribution is -1.88. The van der Waals surface area contributed by atoms with E-state index in [0.29, 0.717) is 0 Å². The number of allylic oxidation sites excluding steroid dienone is 1. The second-order valence-corrected chi connectivity index (χ2v) is 4.17. The van der Waals surface area contributed by atoms with Gasteiger partial charge < -0.3 is 4.74 Å². The van der Waals surface area contributed by atoms with Crippen LogP contribution in [0.1, 0.15) is 71.6 Å². The second kappa shape index (κ2) is 13.5. The van der Waals surface area contributed by atoms with E-state index in [2.05, 4.69) is 6.92 Å². The lowest BCUT2D eigenvalue weighted by Gasteiger charge is -2.02. The van der Waals surface area contributed by atoms with E-state index < -0.39 is 0 Å². The van der Waals surface area contributed by atoms with E-state index in [4.69, 9.17) is 4.74 Å². The molecule has 1 nitrogen and oxygen atoms in total. The van der Waals surface area contributed by atoms with Crippen LogP contribution in [0, 0.1) is 0 Å². The van der Waals surface area contributed by atoms with Crippen LogP contribution >= 0.6 is 0 Å². The van der Waals surface area contributed by atoms with Gasteiger partial charge in [0.15, 0.2) is 0 Å². The fourth-order valence-corrected chi connectivity index (χ4v) is 1.66. The minimum Gasteiger partial charge on any atom is -0.502 e. The van der Waals surface area contributed by atoms with Crippen molar-refractivity contribution in [1.29, 1.82) is 0 Å². The maximum absolute atomic E-state index is 5.26. The first-order valence-corrected chi connectivity index (χ1v) is 6.64. The topological polar surface area (TPSA) is 9.23 Å². The third-order valence-corrected chi connectivity index (χ3v) is 2.60. The molecule has 0 aromatic rings. The summed E-state index contributed by atoms with van der Waals surface area (Å²) >= 11 is 0. The van der Waals surface area contributed by atoms with Crippen LogP contribution in [-0.4, -0.2) is 6.61 Å². The van der Waals surface area contributed by atoms with Crippen LogP contribution in [0.3, 0.4) is 0 Å².